The molecule has 0 unspecified atom stereocenters. The van der Waals surface area contributed by atoms with Crippen molar-refractivity contribution in [2.75, 3.05) is 42.9 Å². The van der Waals surface area contributed by atoms with Crippen LogP contribution in [0.1, 0.15) is 18.6 Å². The van der Waals surface area contributed by atoms with Crippen LogP contribution >= 0.6 is 0 Å². The van der Waals surface area contributed by atoms with E-state index in [4.69, 9.17) is 10.2 Å². The molecule has 1 fully saturated rings. The summed E-state index contributed by atoms with van der Waals surface area (Å²) >= 11 is 0. The minimum absolute atomic E-state index is 0.201. The lowest BCUT2D eigenvalue weighted by molar-refractivity contribution is -0.131. The first-order valence-electron chi connectivity index (χ1n) is 11.5. The zero-order valence-corrected chi connectivity index (χ0v) is 18.9. The van der Waals surface area contributed by atoms with Gasteiger partial charge < -0.3 is 25.3 Å². The molecular weight excluding hydrogens is 432 g/mol. The fourth-order valence-electron chi connectivity index (χ4n) is 4.21. The van der Waals surface area contributed by atoms with Gasteiger partial charge in [-0.2, -0.15) is 0 Å². The maximum atomic E-state index is 12.2. The highest BCUT2D eigenvalue weighted by molar-refractivity contribution is 5.79. The Labute approximate surface area is 197 Å². The second-order valence-corrected chi connectivity index (χ2v) is 8.26. The second kappa shape index (κ2) is 9.92. The van der Waals surface area contributed by atoms with E-state index in [2.05, 4.69) is 49.7 Å². The first-order chi connectivity index (χ1) is 16.7. The first-order valence-corrected chi connectivity index (χ1v) is 11.5. The summed E-state index contributed by atoms with van der Waals surface area (Å²) < 4.78 is 7.22. The number of furan rings is 1. The van der Waals surface area contributed by atoms with Gasteiger partial charge in [0.25, 0.3) is 0 Å². The van der Waals surface area contributed by atoms with Gasteiger partial charge in [-0.3, -0.25) is 9.20 Å². The van der Waals surface area contributed by atoms with Gasteiger partial charge in [-0.1, -0.05) is 12.1 Å². The number of hydrogen-bond donors (Lipinski definition) is 2. The van der Waals surface area contributed by atoms with Crippen LogP contribution in [0, 0.1) is 0 Å². The number of carbonyl (C=O) groups excluding carboxylic acids is 1. The van der Waals surface area contributed by atoms with Crippen molar-refractivity contribution in [1.82, 2.24) is 24.5 Å². The molecule has 0 spiro atoms. The zero-order valence-electron chi connectivity index (χ0n) is 18.9. The molecule has 3 N–H and O–H groups in total. The summed E-state index contributed by atoms with van der Waals surface area (Å²) in [6, 6.07) is 12.1. The van der Waals surface area contributed by atoms with Crippen molar-refractivity contribution < 1.29 is 9.21 Å². The normalized spacial score (nSPS) is 14.0. The Balaban J connectivity index is 1.27. The van der Waals surface area contributed by atoms with Crippen molar-refractivity contribution in [2.24, 2.45) is 5.73 Å². The monoisotopic (exact) mass is 460 g/mol. The third-order valence-electron chi connectivity index (χ3n) is 6.10. The number of rotatable bonds is 8. The molecule has 0 saturated carbocycles. The van der Waals surface area contributed by atoms with Crippen LogP contribution in [0.25, 0.3) is 16.8 Å². The van der Waals surface area contributed by atoms with Gasteiger partial charge in [0, 0.05) is 50.0 Å². The third kappa shape index (κ3) is 4.58. The number of anilines is 2. The molecule has 0 aliphatic carbocycles. The Bertz CT molecular complexity index is 1230. The van der Waals surface area contributed by atoms with Crippen LogP contribution in [0.2, 0.25) is 0 Å². The summed E-state index contributed by atoms with van der Waals surface area (Å²) in [5.74, 6) is 1.67. The average Bonchev–Trinajstić information content (AvgIpc) is 3.59. The fourth-order valence-corrected chi connectivity index (χ4v) is 4.21. The molecule has 10 heteroatoms. The molecular formula is C24H28N8O2. The molecule has 1 amide bonds. The van der Waals surface area contributed by atoms with Crippen LogP contribution in [0.4, 0.5) is 11.6 Å². The number of hydrogen-bond acceptors (Lipinski definition) is 8. The predicted octanol–water partition coefficient (Wildman–Crippen LogP) is 2.38. The number of aromatic nitrogens is 4. The Morgan fingerprint density at radius 1 is 1.12 bits per heavy atom. The zero-order chi connectivity index (χ0) is 23.3. The van der Waals surface area contributed by atoms with E-state index in [1.807, 2.05) is 27.6 Å². The maximum Gasteiger partial charge on any atom is 0.222 e. The lowest BCUT2D eigenvalue weighted by Crippen LogP contribution is -2.48. The summed E-state index contributed by atoms with van der Waals surface area (Å²) in [5.41, 5.74) is 9.32. The molecule has 4 heterocycles. The summed E-state index contributed by atoms with van der Waals surface area (Å²) in [6.45, 7) is 4.19. The van der Waals surface area contributed by atoms with E-state index in [-0.39, 0.29) is 5.91 Å². The van der Waals surface area contributed by atoms with Crippen molar-refractivity contribution >= 4 is 23.2 Å². The molecule has 0 radical (unpaired) electrons. The van der Waals surface area contributed by atoms with Crippen molar-refractivity contribution in [3.05, 3.63) is 60.9 Å². The van der Waals surface area contributed by atoms with Crippen LogP contribution in [-0.4, -0.2) is 63.1 Å². The Morgan fingerprint density at radius 3 is 2.68 bits per heavy atom. The second-order valence-electron chi connectivity index (χ2n) is 8.26. The first kappa shape index (κ1) is 21.9. The Kier molecular flexibility index (Phi) is 6.39. The van der Waals surface area contributed by atoms with E-state index in [1.54, 1.807) is 12.6 Å². The smallest absolute Gasteiger partial charge is 0.222 e. The number of nitrogens with zero attached hydrogens (tertiary/aromatic N) is 6. The fraction of sp³-hybridized carbons (Fsp3) is 0.333. The summed E-state index contributed by atoms with van der Waals surface area (Å²) in [6.07, 6.45) is 6.39. The minimum Gasteiger partial charge on any atom is -0.467 e. The number of carbonyl (C=O) groups is 1. The predicted molar refractivity (Wildman–Crippen MR) is 129 cm³/mol. The van der Waals surface area contributed by atoms with Crippen LogP contribution in [0.3, 0.4) is 0 Å². The SMILES string of the molecule is NCCCC(=O)N1CCN(c2ccc(-c3cnc(NCc4ccco4)n4cnnc34)cc2)CC1. The van der Waals surface area contributed by atoms with E-state index in [0.29, 0.717) is 25.5 Å². The summed E-state index contributed by atoms with van der Waals surface area (Å²) in [7, 11) is 0. The molecule has 0 bridgehead atoms. The molecule has 34 heavy (non-hydrogen) atoms. The molecule has 4 aromatic rings. The van der Waals surface area contributed by atoms with Gasteiger partial charge in [-0.05, 0) is 42.8 Å². The van der Waals surface area contributed by atoms with Crippen LogP contribution < -0.4 is 16.0 Å². The minimum atomic E-state index is 0.201. The number of benzene rings is 1. The van der Waals surface area contributed by atoms with E-state index in [9.17, 15) is 4.79 Å². The quantitative estimate of drug-likeness (QED) is 0.412. The van der Waals surface area contributed by atoms with Gasteiger partial charge in [0.2, 0.25) is 11.9 Å². The molecule has 1 aliphatic rings. The van der Waals surface area contributed by atoms with Gasteiger partial charge in [-0.15, -0.1) is 10.2 Å². The molecule has 0 atom stereocenters. The van der Waals surface area contributed by atoms with Gasteiger partial charge in [0.15, 0.2) is 5.65 Å². The Hall–Kier alpha value is -3.92. The van der Waals surface area contributed by atoms with Crippen molar-refractivity contribution in [3.63, 3.8) is 0 Å². The average molecular weight is 461 g/mol. The van der Waals surface area contributed by atoms with Crippen molar-refractivity contribution in [3.8, 4) is 11.1 Å². The van der Waals surface area contributed by atoms with E-state index in [1.165, 1.54) is 0 Å². The van der Waals surface area contributed by atoms with E-state index < -0.39 is 0 Å². The van der Waals surface area contributed by atoms with E-state index in [0.717, 1.165) is 60.8 Å². The molecule has 5 rings (SSSR count). The van der Waals surface area contributed by atoms with Gasteiger partial charge in [0.05, 0.1) is 12.8 Å². The summed E-state index contributed by atoms with van der Waals surface area (Å²) in [4.78, 5) is 21.1. The van der Waals surface area contributed by atoms with Crippen molar-refractivity contribution in [2.45, 2.75) is 19.4 Å². The standard InChI is InChI=1S/C24H28N8O2/c25-9-1-4-22(33)31-12-10-30(11-13-31)19-7-5-18(6-8-19)21-16-27-24(32-17-28-29-23(21)32)26-15-20-3-2-14-34-20/h2-3,5-8,14,16-17H,1,4,9-13,15,25H2,(H,26,27). The topological polar surface area (TPSA) is 118 Å². The van der Waals surface area contributed by atoms with Gasteiger partial charge >= 0.3 is 0 Å². The van der Waals surface area contributed by atoms with Crippen LogP contribution in [0.5, 0.6) is 0 Å². The number of fused-ring (bicyclic) bond motifs is 1. The highest BCUT2D eigenvalue weighted by Crippen LogP contribution is 2.27. The molecule has 1 aromatic carbocycles. The number of nitrogens with two attached hydrogens (primary N) is 1. The number of amides is 1. The lowest BCUT2D eigenvalue weighted by atomic mass is 10.1. The van der Waals surface area contributed by atoms with Crippen LogP contribution in [0.15, 0.2) is 59.6 Å². The highest BCUT2D eigenvalue weighted by atomic mass is 16.3. The van der Waals surface area contributed by atoms with Gasteiger partial charge in [-0.25, -0.2) is 4.98 Å². The van der Waals surface area contributed by atoms with Gasteiger partial charge in [0.1, 0.15) is 12.1 Å². The largest absolute Gasteiger partial charge is 0.467 e. The molecule has 176 valence electrons. The molecule has 10 nitrogen and oxygen atoms in total. The van der Waals surface area contributed by atoms with E-state index >= 15 is 0 Å². The molecule has 1 aliphatic heterocycles. The number of piperazine rings is 1. The third-order valence-corrected chi connectivity index (χ3v) is 6.10. The van der Waals surface area contributed by atoms with Crippen LogP contribution in [-0.2, 0) is 11.3 Å². The van der Waals surface area contributed by atoms with Crippen molar-refractivity contribution in [1.29, 1.82) is 0 Å². The molecule has 1 saturated heterocycles. The molecule has 3 aromatic heterocycles. The number of nitrogens with one attached hydrogen (secondary N) is 1. The maximum absolute atomic E-state index is 12.2. The Morgan fingerprint density at radius 2 is 1.94 bits per heavy atom. The lowest BCUT2D eigenvalue weighted by Gasteiger charge is -2.36. The highest BCUT2D eigenvalue weighted by Gasteiger charge is 2.21. The summed E-state index contributed by atoms with van der Waals surface area (Å²) in [5, 5.41) is 11.7.